The number of carbonyl (C=O) groups excluding carboxylic acids is 1. The first-order chi connectivity index (χ1) is 7.45. The number of amides is 1. The molecule has 1 rings (SSSR count). The predicted octanol–water partition coefficient (Wildman–Crippen LogP) is 2.23. The molecule has 0 atom stereocenters. The van der Waals surface area contributed by atoms with E-state index in [0.29, 0.717) is 23.7 Å². The van der Waals surface area contributed by atoms with Gasteiger partial charge in [-0.05, 0) is 13.0 Å². The molecule has 3 N–H and O–H groups in total. The molecule has 1 heterocycles. The van der Waals surface area contributed by atoms with E-state index in [1.807, 2.05) is 6.92 Å². The third-order valence-electron chi connectivity index (χ3n) is 2.30. The molecule has 0 spiro atoms. The van der Waals surface area contributed by atoms with Crippen LogP contribution in [0.4, 0.5) is 5.00 Å². The maximum Gasteiger partial charge on any atom is 0.219 e. The van der Waals surface area contributed by atoms with Crippen molar-refractivity contribution >= 4 is 28.0 Å². The van der Waals surface area contributed by atoms with Gasteiger partial charge in [-0.3, -0.25) is 4.79 Å². The second-order valence-corrected chi connectivity index (χ2v) is 4.64. The van der Waals surface area contributed by atoms with Crippen LogP contribution in [-0.4, -0.2) is 22.5 Å². The lowest BCUT2D eigenvalue weighted by Crippen LogP contribution is -2.27. The van der Waals surface area contributed by atoms with Crippen LogP contribution in [0, 0.1) is 0 Å². The first-order valence-electron chi connectivity index (χ1n) is 4.97. The van der Waals surface area contributed by atoms with Crippen molar-refractivity contribution in [3.05, 3.63) is 23.1 Å². The fourth-order valence-electron chi connectivity index (χ4n) is 1.40. The minimum absolute atomic E-state index is 0.0267. The third kappa shape index (κ3) is 2.76. The summed E-state index contributed by atoms with van der Waals surface area (Å²) >= 11 is 1.37. The molecule has 0 aromatic carbocycles. The van der Waals surface area contributed by atoms with Gasteiger partial charge in [-0.25, -0.2) is 0 Å². The zero-order valence-electron chi connectivity index (χ0n) is 9.49. The van der Waals surface area contributed by atoms with Gasteiger partial charge >= 0.3 is 0 Å². The normalized spacial score (nSPS) is 10.1. The molecule has 0 saturated heterocycles. The predicted molar refractivity (Wildman–Crippen MR) is 67.2 cm³/mol. The number of anilines is 1. The van der Waals surface area contributed by atoms with Gasteiger partial charge < -0.3 is 15.7 Å². The molecular formula is C11H16N2O2S. The number of nitrogen functional groups attached to an aromatic ring is 1. The van der Waals surface area contributed by atoms with E-state index < -0.39 is 0 Å². The highest BCUT2D eigenvalue weighted by atomic mass is 32.1. The Labute approximate surface area is 99.0 Å². The molecule has 1 aromatic heterocycles. The van der Waals surface area contributed by atoms with Crippen LogP contribution in [0.3, 0.4) is 0 Å². The van der Waals surface area contributed by atoms with Crippen LogP contribution in [0.5, 0.6) is 0 Å². The van der Waals surface area contributed by atoms with Crippen molar-refractivity contribution in [2.45, 2.75) is 20.4 Å². The first kappa shape index (κ1) is 12.6. The summed E-state index contributed by atoms with van der Waals surface area (Å²) in [6.07, 6.45) is 0. The van der Waals surface area contributed by atoms with Gasteiger partial charge in [-0.1, -0.05) is 6.58 Å². The van der Waals surface area contributed by atoms with E-state index in [1.165, 1.54) is 18.3 Å². The quantitative estimate of drug-likeness (QED) is 0.793. The fraction of sp³-hybridized carbons (Fsp3) is 0.364. The lowest BCUT2D eigenvalue weighted by molar-refractivity contribution is -0.129. The number of thiophene rings is 1. The Bertz CT molecular complexity index is 412. The number of rotatable bonds is 4. The molecule has 5 heteroatoms. The summed E-state index contributed by atoms with van der Waals surface area (Å²) in [5.41, 5.74) is 6.29. The molecule has 0 aliphatic heterocycles. The molecular weight excluding hydrogens is 224 g/mol. The summed E-state index contributed by atoms with van der Waals surface area (Å²) < 4.78 is 0. The Kier molecular flexibility index (Phi) is 3.95. The standard InChI is InChI=1S/C11H16N2O2S/c1-4-13(8(3)15)6-9-5-10(7(2)14)11(12)16-9/h5,14H,2,4,6,12H2,1,3H3. The van der Waals surface area contributed by atoms with E-state index >= 15 is 0 Å². The fourth-order valence-corrected chi connectivity index (χ4v) is 2.36. The zero-order chi connectivity index (χ0) is 12.3. The van der Waals surface area contributed by atoms with Gasteiger partial charge in [0, 0.05) is 18.3 Å². The van der Waals surface area contributed by atoms with Gasteiger partial charge in [0.2, 0.25) is 5.91 Å². The van der Waals surface area contributed by atoms with Crippen LogP contribution in [-0.2, 0) is 11.3 Å². The molecule has 0 radical (unpaired) electrons. The number of nitrogens with zero attached hydrogens (tertiary/aromatic N) is 1. The molecule has 0 saturated carbocycles. The van der Waals surface area contributed by atoms with Gasteiger partial charge in [-0.2, -0.15) is 0 Å². The highest BCUT2D eigenvalue weighted by molar-refractivity contribution is 7.16. The summed E-state index contributed by atoms with van der Waals surface area (Å²) in [6.45, 7) is 8.07. The van der Waals surface area contributed by atoms with Crippen LogP contribution in [0.15, 0.2) is 12.6 Å². The van der Waals surface area contributed by atoms with Gasteiger partial charge in [0.05, 0.1) is 17.1 Å². The molecule has 4 nitrogen and oxygen atoms in total. The number of hydrogen-bond acceptors (Lipinski definition) is 4. The molecule has 1 amide bonds. The molecule has 16 heavy (non-hydrogen) atoms. The Hall–Kier alpha value is -1.49. The Morgan fingerprint density at radius 1 is 1.69 bits per heavy atom. The summed E-state index contributed by atoms with van der Waals surface area (Å²) in [7, 11) is 0. The second kappa shape index (κ2) is 5.03. The van der Waals surface area contributed by atoms with Crippen LogP contribution in [0.2, 0.25) is 0 Å². The van der Waals surface area contributed by atoms with E-state index in [2.05, 4.69) is 6.58 Å². The van der Waals surface area contributed by atoms with Crippen LogP contribution >= 0.6 is 11.3 Å². The third-order valence-corrected chi connectivity index (χ3v) is 3.25. The molecule has 0 bridgehead atoms. The maximum absolute atomic E-state index is 11.2. The number of hydrogen-bond donors (Lipinski definition) is 2. The Morgan fingerprint density at radius 2 is 2.31 bits per heavy atom. The molecule has 0 aliphatic rings. The maximum atomic E-state index is 11.2. The molecule has 1 aromatic rings. The Balaban J connectivity index is 2.86. The van der Waals surface area contributed by atoms with Crippen molar-refractivity contribution in [2.75, 3.05) is 12.3 Å². The van der Waals surface area contributed by atoms with E-state index in [-0.39, 0.29) is 11.7 Å². The van der Waals surface area contributed by atoms with Crippen LogP contribution in [0.25, 0.3) is 5.76 Å². The average Bonchev–Trinajstić information content (AvgIpc) is 2.55. The minimum Gasteiger partial charge on any atom is -0.508 e. The van der Waals surface area contributed by atoms with Crippen molar-refractivity contribution in [1.29, 1.82) is 0 Å². The van der Waals surface area contributed by atoms with Gasteiger partial charge in [0.15, 0.2) is 0 Å². The minimum atomic E-state index is -0.0362. The van der Waals surface area contributed by atoms with Gasteiger partial charge in [0.1, 0.15) is 5.76 Å². The summed E-state index contributed by atoms with van der Waals surface area (Å²) in [5.74, 6) is -0.00952. The second-order valence-electron chi connectivity index (χ2n) is 3.47. The topological polar surface area (TPSA) is 66.6 Å². The zero-order valence-corrected chi connectivity index (χ0v) is 10.3. The number of nitrogens with two attached hydrogens (primary N) is 1. The van der Waals surface area contributed by atoms with Crippen LogP contribution in [0.1, 0.15) is 24.3 Å². The molecule has 0 aliphatic carbocycles. The Morgan fingerprint density at radius 3 is 2.69 bits per heavy atom. The average molecular weight is 240 g/mol. The molecule has 88 valence electrons. The molecule has 0 fully saturated rings. The lowest BCUT2D eigenvalue weighted by atomic mass is 10.2. The summed E-state index contributed by atoms with van der Waals surface area (Å²) in [6, 6.07) is 1.77. The smallest absolute Gasteiger partial charge is 0.219 e. The van der Waals surface area contributed by atoms with E-state index in [9.17, 15) is 9.90 Å². The molecule has 0 unspecified atom stereocenters. The van der Waals surface area contributed by atoms with E-state index in [1.54, 1.807) is 11.0 Å². The lowest BCUT2D eigenvalue weighted by Gasteiger charge is -2.17. The first-order valence-corrected chi connectivity index (χ1v) is 5.79. The van der Waals surface area contributed by atoms with Crippen molar-refractivity contribution in [1.82, 2.24) is 4.90 Å². The van der Waals surface area contributed by atoms with Crippen molar-refractivity contribution in [2.24, 2.45) is 0 Å². The number of aliphatic hydroxyl groups is 1. The van der Waals surface area contributed by atoms with Crippen molar-refractivity contribution in [3.8, 4) is 0 Å². The van der Waals surface area contributed by atoms with E-state index in [4.69, 9.17) is 5.73 Å². The largest absolute Gasteiger partial charge is 0.508 e. The van der Waals surface area contributed by atoms with Gasteiger partial charge in [-0.15, -0.1) is 11.3 Å². The van der Waals surface area contributed by atoms with Crippen molar-refractivity contribution < 1.29 is 9.90 Å². The summed E-state index contributed by atoms with van der Waals surface area (Å²) in [4.78, 5) is 13.9. The SMILES string of the molecule is C=C(O)c1cc(CN(CC)C(C)=O)sc1N. The van der Waals surface area contributed by atoms with Crippen molar-refractivity contribution in [3.63, 3.8) is 0 Å². The monoisotopic (exact) mass is 240 g/mol. The highest BCUT2D eigenvalue weighted by Crippen LogP contribution is 2.29. The van der Waals surface area contributed by atoms with Gasteiger partial charge in [0.25, 0.3) is 0 Å². The van der Waals surface area contributed by atoms with E-state index in [0.717, 1.165) is 4.88 Å². The summed E-state index contributed by atoms with van der Waals surface area (Å²) in [5, 5.41) is 9.80. The highest BCUT2D eigenvalue weighted by Gasteiger charge is 2.12. The van der Waals surface area contributed by atoms with Crippen LogP contribution < -0.4 is 5.73 Å². The number of carbonyl (C=O) groups is 1. The number of aliphatic hydroxyl groups excluding tert-OH is 1.